The Labute approximate surface area is 104 Å². The fourth-order valence-electron chi connectivity index (χ4n) is 2.88. The number of amides is 2. The Bertz CT molecular complexity index is 252. The summed E-state index contributed by atoms with van der Waals surface area (Å²) in [5, 5.41) is 3.16. The van der Waals surface area contributed by atoms with E-state index in [1.807, 2.05) is 4.90 Å². The Balaban J connectivity index is 1.84. The first kappa shape index (κ1) is 12.7. The first-order valence-corrected chi connectivity index (χ1v) is 6.91. The van der Waals surface area contributed by atoms with Crippen molar-refractivity contribution in [2.75, 3.05) is 13.7 Å². The van der Waals surface area contributed by atoms with Crippen molar-refractivity contribution in [3.8, 4) is 0 Å². The molecule has 4 heteroatoms. The highest BCUT2D eigenvalue weighted by atomic mass is 16.5. The number of nitrogens with one attached hydrogen (secondary N) is 1. The number of nitrogens with zero attached hydrogens (tertiary/aromatic N) is 1. The number of likely N-dealkylation sites (tertiary alicyclic amines) is 1. The first-order valence-electron chi connectivity index (χ1n) is 6.91. The minimum atomic E-state index is -0.0210. The molecule has 0 bridgehead atoms. The maximum absolute atomic E-state index is 12.2. The molecule has 2 amide bonds. The number of hydrogen-bond acceptors (Lipinski definition) is 2. The number of hydrogen-bond donors (Lipinski definition) is 1. The summed E-state index contributed by atoms with van der Waals surface area (Å²) in [4.78, 5) is 14.0. The van der Waals surface area contributed by atoms with Crippen molar-refractivity contribution in [2.45, 2.75) is 63.6 Å². The van der Waals surface area contributed by atoms with Crippen molar-refractivity contribution in [1.29, 1.82) is 0 Å². The zero-order chi connectivity index (χ0) is 12.1. The van der Waals surface area contributed by atoms with Crippen LogP contribution < -0.4 is 5.32 Å². The molecule has 1 atom stereocenters. The SMILES string of the molecule is COC1CCCCN1C(=O)NC1CCCCC1. The molecule has 1 heterocycles. The van der Waals surface area contributed by atoms with E-state index in [0.29, 0.717) is 6.04 Å². The van der Waals surface area contributed by atoms with E-state index in [2.05, 4.69) is 5.32 Å². The maximum Gasteiger partial charge on any atom is 0.319 e. The number of piperidine rings is 1. The number of urea groups is 1. The molecule has 1 unspecified atom stereocenters. The van der Waals surface area contributed by atoms with Crippen LogP contribution >= 0.6 is 0 Å². The lowest BCUT2D eigenvalue weighted by atomic mass is 9.96. The molecular formula is C13H24N2O2. The van der Waals surface area contributed by atoms with Crippen LogP contribution in [0.4, 0.5) is 4.79 Å². The van der Waals surface area contributed by atoms with E-state index >= 15 is 0 Å². The van der Waals surface area contributed by atoms with E-state index < -0.39 is 0 Å². The second-order valence-electron chi connectivity index (χ2n) is 5.16. The standard InChI is InChI=1S/C13H24N2O2/c1-17-12-9-5-6-10-15(12)13(16)14-11-7-3-2-4-8-11/h11-12H,2-10H2,1H3,(H,14,16). The van der Waals surface area contributed by atoms with E-state index in [0.717, 1.165) is 38.6 Å². The number of rotatable bonds is 2. The molecular weight excluding hydrogens is 216 g/mol. The molecule has 2 aliphatic rings. The second-order valence-corrected chi connectivity index (χ2v) is 5.16. The van der Waals surface area contributed by atoms with E-state index in [1.165, 1.54) is 19.3 Å². The lowest BCUT2D eigenvalue weighted by Gasteiger charge is -2.36. The smallest absolute Gasteiger partial charge is 0.319 e. The topological polar surface area (TPSA) is 41.6 Å². The van der Waals surface area contributed by atoms with Crippen molar-refractivity contribution in [1.82, 2.24) is 10.2 Å². The molecule has 0 aromatic heterocycles. The normalized spacial score (nSPS) is 26.9. The van der Waals surface area contributed by atoms with E-state index in [1.54, 1.807) is 7.11 Å². The minimum Gasteiger partial charge on any atom is -0.361 e. The molecule has 98 valence electrons. The molecule has 4 nitrogen and oxygen atoms in total. The van der Waals surface area contributed by atoms with Crippen LogP contribution in [0.2, 0.25) is 0 Å². The predicted octanol–water partition coefficient (Wildman–Crippen LogP) is 2.49. The van der Waals surface area contributed by atoms with E-state index in [4.69, 9.17) is 4.74 Å². The van der Waals surface area contributed by atoms with Crippen molar-refractivity contribution in [3.63, 3.8) is 0 Å². The van der Waals surface area contributed by atoms with Gasteiger partial charge in [-0.3, -0.25) is 4.90 Å². The fourth-order valence-corrected chi connectivity index (χ4v) is 2.88. The highest BCUT2D eigenvalue weighted by Crippen LogP contribution is 2.20. The molecule has 1 saturated carbocycles. The molecule has 0 radical (unpaired) electrons. The Morgan fingerprint density at radius 2 is 1.82 bits per heavy atom. The molecule has 2 fully saturated rings. The van der Waals surface area contributed by atoms with Gasteiger partial charge in [-0.2, -0.15) is 0 Å². The molecule has 2 rings (SSSR count). The Hall–Kier alpha value is -0.770. The first-order chi connectivity index (χ1) is 8.31. The average Bonchev–Trinajstić information content (AvgIpc) is 2.40. The lowest BCUT2D eigenvalue weighted by Crippen LogP contribution is -2.52. The van der Waals surface area contributed by atoms with Gasteiger partial charge in [0.2, 0.25) is 0 Å². The van der Waals surface area contributed by atoms with Crippen molar-refractivity contribution in [3.05, 3.63) is 0 Å². The highest BCUT2D eigenvalue weighted by Gasteiger charge is 2.28. The zero-order valence-corrected chi connectivity index (χ0v) is 10.8. The van der Waals surface area contributed by atoms with Gasteiger partial charge in [-0.25, -0.2) is 4.79 Å². The molecule has 0 spiro atoms. The maximum atomic E-state index is 12.2. The second kappa shape index (κ2) is 6.24. The van der Waals surface area contributed by atoms with Crippen LogP contribution in [0.1, 0.15) is 51.4 Å². The third-order valence-corrected chi connectivity index (χ3v) is 3.91. The molecule has 1 aliphatic heterocycles. The largest absolute Gasteiger partial charge is 0.361 e. The highest BCUT2D eigenvalue weighted by molar-refractivity contribution is 5.74. The molecule has 17 heavy (non-hydrogen) atoms. The fraction of sp³-hybridized carbons (Fsp3) is 0.923. The van der Waals surface area contributed by atoms with Crippen LogP contribution in [-0.2, 0) is 4.74 Å². The van der Waals surface area contributed by atoms with Gasteiger partial charge >= 0.3 is 6.03 Å². The molecule has 0 aromatic rings. The summed E-state index contributed by atoms with van der Waals surface area (Å²) in [5.41, 5.74) is 0. The van der Waals surface area contributed by atoms with Gasteiger partial charge in [0.25, 0.3) is 0 Å². The Morgan fingerprint density at radius 1 is 1.12 bits per heavy atom. The summed E-state index contributed by atoms with van der Waals surface area (Å²) in [7, 11) is 1.69. The number of ether oxygens (including phenoxy) is 1. The van der Waals surface area contributed by atoms with Gasteiger partial charge in [-0.15, -0.1) is 0 Å². The summed E-state index contributed by atoms with van der Waals surface area (Å²) in [6.07, 6.45) is 9.29. The van der Waals surface area contributed by atoms with Gasteiger partial charge in [0.05, 0.1) is 0 Å². The summed E-state index contributed by atoms with van der Waals surface area (Å²) in [5.74, 6) is 0. The third-order valence-electron chi connectivity index (χ3n) is 3.91. The van der Waals surface area contributed by atoms with Crippen LogP contribution in [-0.4, -0.2) is 36.9 Å². The summed E-state index contributed by atoms with van der Waals surface area (Å²) >= 11 is 0. The van der Waals surface area contributed by atoms with Gasteiger partial charge in [-0.1, -0.05) is 19.3 Å². The summed E-state index contributed by atoms with van der Waals surface area (Å²) < 4.78 is 5.38. The monoisotopic (exact) mass is 240 g/mol. The van der Waals surface area contributed by atoms with Gasteiger partial charge in [0.15, 0.2) is 0 Å². The van der Waals surface area contributed by atoms with Gasteiger partial charge in [-0.05, 0) is 32.1 Å². The van der Waals surface area contributed by atoms with E-state index in [-0.39, 0.29) is 12.3 Å². The molecule has 1 aliphatic carbocycles. The van der Waals surface area contributed by atoms with Gasteiger partial charge in [0.1, 0.15) is 6.23 Å². The Morgan fingerprint density at radius 3 is 2.53 bits per heavy atom. The van der Waals surface area contributed by atoms with Crippen LogP contribution in [0.15, 0.2) is 0 Å². The van der Waals surface area contributed by atoms with Crippen LogP contribution in [0.25, 0.3) is 0 Å². The van der Waals surface area contributed by atoms with Crippen LogP contribution in [0.5, 0.6) is 0 Å². The summed E-state index contributed by atoms with van der Waals surface area (Å²) in [6.45, 7) is 0.830. The molecule has 1 saturated heterocycles. The molecule has 1 N–H and O–H groups in total. The average molecular weight is 240 g/mol. The third kappa shape index (κ3) is 3.35. The number of carbonyl (C=O) groups excluding carboxylic acids is 1. The number of carbonyl (C=O) groups is 1. The lowest BCUT2D eigenvalue weighted by molar-refractivity contribution is -0.0308. The van der Waals surface area contributed by atoms with Gasteiger partial charge in [0, 0.05) is 19.7 Å². The quantitative estimate of drug-likeness (QED) is 0.805. The Kier molecular flexibility index (Phi) is 4.66. The molecule has 0 aromatic carbocycles. The summed E-state index contributed by atoms with van der Waals surface area (Å²) in [6, 6.07) is 0.458. The van der Waals surface area contributed by atoms with Gasteiger partial charge < -0.3 is 10.1 Å². The van der Waals surface area contributed by atoms with E-state index in [9.17, 15) is 4.79 Å². The van der Waals surface area contributed by atoms with Crippen LogP contribution in [0.3, 0.4) is 0 Å². The number of methoxy groups -OCH3 is 1. The predicted molar refractivity (Wildman–Crippen MR) is 66.8 cm³/mol. The zero-order valence-electron chi connectivity index (χ0n) is 10.8. The van der Waals surface area contributed by atoms with Crippen molar-refractivity contribution < 1.29 is 9.53 Å². The minimum absolute atomic E-state index is 0.0210. The van der Waals surface area contributed by atoms with Crippen molar-refractivity contribution in [2.24, 2.45) is 0 Å². The van der Waals surface area contributed by atoms with Crippen LogP contribution in [0, 0.1) is 0 Å². The van der Waals surface area contributed by atoms with Crippen molar-refractivity contribution >= 4 is 6.03 Å².